The molecule has 0 bridgehead atoms. The fraction of sp³-hybridized carbons (Fsp3) is 0.222. The van der Waals surface area contributed by atoms with Crippen LogP contribution in [-0.2, 0) is 4.74 Å². The predicted molar refractivity (Wildman–Crippen MR) is 86.3 cm³/mol. The van der Waals surface area contributed by atoms with Gasteiger partial charge in [0.25, 0.3) is 5.91 Å². The van der Waals surface area contributed by atoms with Gasteiger partial charge in [-0.3, -0.25) is 4.79 Å². The zero-order chi connectivity index (χ0) is 16.1. The zero-order valence-electron chi connectivity index (χ0n) is 13.0. The molecule has 2 aromatic rings. The first-order chi connectivity index (χ1) is 10.5. The summed E-state index contributed by atoms with van der Waals surface area (Å²) in [5, 5.41) is 2.80. The number of nitrogens with one attached hydrogen (secondary N) is 1. The first-order valence-electron chi connectivity index (χ1n) is 7.17. The molecule has 4 nitrogen and oxygen atoms in total. The minimum absolute atomic E-state index is 0.205. The first-order valence-corrected chi connectivity index (χ1v) is 7.17. The second kappa shape index (κ2) is 6.89. The molecule has 0 saturated heterocycles. The zero-order valence-corrected chi connectivity index (χ0v) is 13.0. The molecule has 0 aliphatic rings. The van der Waals surface area contributed by atoms with E-state index < -0.39 is 5.97 Å². The molecule has 0 aliphatic carbocycles. The van der Waals surface area contributed by atoms with Crippen LogP contribution in [-0.4, -0.2) is 18.5 Å². The Morgan fingerprint density at radius 2 is 1.77 bits per heavy atom. The van der Waals surface area contributed by atoms with E-state index in [1.807, 2.05) is 26.0 Å². The summed E-state index contributed by atoms with van der Waals surface area (Å²) >= 11 is 0. The fourth-order valence-corrected chi connectivity index (χ4v) is 2.02. The van der Waals surface area contributed by atoms with E-state index in [0.29, 0.717) is 23.4 Å². The van der Waals surface area contributed by atoms with Gasteiger partial charge in [-0.05, 0) is 62.2 Å². The van der Waals surface area contributed by atoms with Crippen molar-refractivity contribution in [3.05, 3.63) is 64.7 Å². The van der Waals surface area contributed by atoms with Gasteiger partial charge in [-0.1, -0.05) is 12.1 Å². The van der Waals surface area contributed by atoms with Gasteiger partial charge in [0.2, 0.25) is 0 Å². The van der Waals surface area contributed by atoms with Gasteiger partial charge in [0.05, 0.1) is 12.2 Å². The number of benzene rings is 2. The van der Waals surface area contributed by atoms with Crippen molar-refractivity contribution >= 4 is 17.6 Å². The number of aryl methyl sites for hydroxylation is 2. The molecule has 0 heterocycles. The molecular formula is C18H19NO3. The van der Waals surface area contributed by atoms with Gasteiger partial charge in [-0.15, -0.1) is 0 Å². The van der Waals surface area contributed by atoms with E-state index >= 15 is 0 Å². The maximum absolute atomic E-state index is 12.3. The van der Waals surface area contributed by atoms with E-state index in [1.165, 1.54) is 0 Å². The summed E-state index contributed by atoms with van der Waals surface area (Å²) < 4.78 is 4.95. The molecule has 0 fully saturated rings. The fourth-order valence-electron chi connectivity index (χ4n) is 2.02. The molecule has 2 aromatic carbocycles. The molecule has 0 unspecified atom stereocenters. The molecule has 0 aliphatic heterocycles. The molecule has 1 N–H and O–H groups in total. The molecule has 0 spiro atoms. The summed E-state index contributed by atoms with van der Waals surface area (Å²) in [5.41, 5.74) is 3.77. The van der Waals surface area contributed by atoms with E-state index in [0.717, 1.165) is 11.1 Å². The molecule has 2 rings (SSSR count). The van der Waals surface area contributed by atoms with Gasteiger partial charge in [-0.25, -0.2) is 4.79 Å². The van der Waals surface area contributed by atoms with Crippen molar-refractivity contribution in [1.82, 2.24) is 0 Å². The third kappa shape index (κ3) is 3.73. The molecule has 114 valence electrons. The van der Waals surface area contributed by atoms with Crippen molar-refractivity contribution in [2.75, 3.05) is 11.9 Å². The summed E-state index contributed by atoms with van der Waals surface area (Å²) in [6, 6.07) is 12.3. The number of ether oxygens (including phenoxy) is 1. The Morgan fingerprint density at radius 1 is 1.00 bits per heavy atom. The van der Waals surface area contributed by atoms with Gasteiger partial charge in [0.1, 0.15) is 0 Å². The number of carbonyl (C=O) groups is 2. The molecule has 0 saturated carbocycles. The van der Waals surface area contributed by atoms with Crippen molar-refractivity contribution in [2.45, 2.75) is 20.8 Å². The minimum atomic E-state index is -0.398. The smallest absolute Gasteiger partial charge is 0.338 e. The highest BCUT2D eigenvalue weighted by Gasteiger charge is 2.10. The lowest BCUT2D eigenvalue weighted by atomic mass is 10.1. The SMILES string of the molecule is CCOC(=O)c1cccc(NC(=O)c2ccc(C)c(C)c2)c1. The summed E-state index contributed by atoms with van der Waals surface area (Å²) in [6.07, 6.45) is 0. The standard InChI is InChI=1S/C18H19NO3/c1-4-22-18(21)15-6-5-7-16(11-15)19-17(20)14-9-8-12(2)13(3)10-14/h5-11H,4H2,1-3H3,(H,19,20). The summed E-state index contributed by atoms with van der Waals surface area (Å²) in [5.74, 6) is -0.603. The number of carbonyl (C=O) groups excluding carboxylic acids is 2. The van der Waals surface area contributed by atoms with Crippen molar-refractivity contribution in [2.24, 2.45) is 0 Å². The highest BCUT2D eigenvalue weighted by atomic mass is 16.5. The second-order valence-electron chi connectivity index (χ2n) is 5.05. The van der Waals surface area contributed by atoms with Crippen LogP contribution >= 0.6 is 0 Å². The Kier molecular flexibility index (Phi) is 4.94. The van der Waals surface area contributed by atoms with Gasteiger partial charge in [-0.2, -0.15) is 0 Å². The van der Waals surface area contributed by atoms with E-state index in [-0.39, 0.29) is 5.91 Å². The number of amides is 1. The van der Waals surface area contributed by atoms with Crippen molar-refractivity contribution in [3.8, 4) is 0 Å². The van der Waals surface area contributed by atoms with Gasteiger partial charge >= 0.3 is 5.97 Å². The van der Waals surface area contributed by atoms with E-state index in [4.69, 9.17) is 4.74 Å². The van der Waals surface area contributed by atoms with Crippen LogP contribution in [0.4, 0.5) is 5.69 Å². The average molecular weight is 297 g/mol. The Hall–Kier alpha value is -2.62. The maximum atomic E-state index is 12.3. The monoisotopic (exact) mass is 297 g/mol. The van der Waals surface area contributed by atoms with Crippen LogP contribution in [0.2, 0.25) is 0 Å². The normalized spacial score (nSPS) is 10.1. The van der Waals surface area contributed by atoms with Crippen molar-refractivity contribution < 1.29 is 14.3 Å². The van der Waals surface area contributed by atoms with Crippen LogP contribution in [0.3, 0.4) is 0 Å². The largest absolute Gasteiger partial charge is 0.462 e. The lowest BCUT2D eigenvalue weighted by Gasteiger charge is -2.08. The molecule has 4 heteroatoms. The molecule has 22 heavy (non-hydrogen) atoms. The lowest BCUT2D eigenvalue weighted by molar-refractivity contribution is 0.0526. The topological polar surface area (TPSA) is 55.4 Å². The minimum Gasteiger partial charge on any atom is -0.462 e. The summed E-state index contributed by atoms with van der Waals surface area (Å²) in [6.45, 7) is 6.04. The van der Waals surface area contributed by atoms with Crippen LogP contribution in [0.15, 0.2) is 42.5 Å². The number of rotatable bonds is 4. The molecule has 0 atom stereocenters. The van der Waals surface area contributed by atoms with E-state index in [1.54, 1.807) is 37.3 Å². The quantitative estimate of drug-likeness (QED) is 0.875. The average Bonchev–Trinajstić information content (AvgIpc) is 2.50. The Balaban J connectivity index is 2.16. The van der Waals surface area contributed by atoms with Crippen LogP contribution in [0, 0.1) is 13.8 Å². The molecule has 0 aromatic heterocycles. The lowest BCUT2D eigenvalue weighted by Crippen LogP contribution is -2.13. The Morgan fingerprint density at radius 3 is 2.45 bits per heavy atom. The van der Waals surface area contributed by atoms with Crippen molar-refractivity contribution in [3.63, 3.8) is 0 Å². The third-order valence-electron chi connectivity index (χ3n) is 3.40. The summed E-state index contributed by atoms with van der Waals surface area (Å²) in [4.78, 5) is 24.0. The second-order valence-corrected chi connectivity index (χ2v) is 5.05. The Bertz CT molecular complexity index is 707. The Labute approximate surface area is 130 Å². The van der Waals surface area contributed by atoms with Gasteiger partial charge in [0, 0.05) is 11.3 Å². The number of anilines is 1. The number of hydrogen-bond donors (Lipinski definition) is 1. The van der Waals surface area contributed by atoms with Crippen LogP contribution in [0.5, 0.6) is 0 Å². The van der Waals surface area contributed by atoms with Crippen molar-refractivity contribution in [1.29, 1.82) is 0 Å². The number of esters is 1. The third-order valence-corrected chi connectivity index (χ3v) is 3.40. The van der Waals surface area contributed by atoms with E-state index in [2.05, 4.69) is 5.32 Å². The molecule has 0 radical (unpaired) electrons. The first kappa shape index (κ1) is 15.8. The molecule has 1 amide bonds. The van der Waals surface area contributed by atoms with Gasteiger partial charge < -0.3 is 10.1 Å². The highest BCUT2D eigenvalue weighted by molar-refractivity contribution is 6.05. The molecular weight excluding hydrogens is 278 g/mol. The number of hydrogen-bond acceptors (Lipinski definition) is 3. The van der Waals surface area contributed by atoms with Gasteiger partial charge in [0.15, 0.2) is 0 Å². The maximum Gasteiger partial charge on any atom is 0.338 e. The highest BCUT2D eigenvalue weighted by Crippen LogP contribution is 2.15. The van der Waals surface area contributed by atoms with Crippen LogP contribution in [0.25, 0.3) is 0 Å². The predicted octanol–water partition coefficient (Wildman–Crippen LogP) is 3.73. The summed E-state index contributed by atoms with van der Waals surface area (Å²) in [7, 11) is 0. The van der Waals surface area contributed by atoms with E-state index in [9.17, 15) is 9.59 Å². The van der Waals surface area contributed by atoms with Crippen LogP contribution in [0.1, 0.15) is 38.8 Å². The van der Waals surface area contributed by atoms with Crippen LogP contribution < -0.4 is 5.32 Å².